The minimum absolute atomic E-state index is 0.0394. The van der Waals surface area contributed by atoms with E-state index in [2.05, 4.69) is 9.97 Å². The van der Waals surface area contributed by atoms with Gasteiger partial charge in [-0.3, -0.25) is 0 Å². The summed E-state index contributed by atoms with van der Waals surface area (Å²) in [5.41, 5.74) is 1.18. The number of benzene rings is 3. The molecule has 0 bridgehead atoms. The molecule has 0 aliphatic carbocycles. The molecule has 0 saturated heterocycles. The maximum atomic E-state index is 13.4. The van der Waals surface area contributed by atoms with E-state index in [4.69, 9.17) is 0 Å². The van der Waals surface area contributed by atoms with Gasteiger partial charge in [0.05, 0.1) is 27.4 Å². The molecule has 3 aromatic carbocycles. The zero-order valence-electron chi connectivity index (χ0n) is 16.6. The Morgan fingerprint density at radius 1 is 0.839 bits per heavy atom. The molecule has 0 aliphatic rings. The third-order valence-electron chi connectivity index (χ3n) is 4.92. The standard InChI is InChI=1S/C23H17F3N2O2S/c1-14-21(28-19-10-6-9-18(22(19)27-14)23(24,25)26)17-12-11-16(13-20(17)31(2,29)30)15-7-4-3-5-8-15/h3-13H,1-2H3. The van der Waals surface area contributed by atoms with Gasteiger partial charge in [-0.05, 0) is 36.2 Å². The molecule has 4 rings (SSSR count). The highest BCUT2D eigenvalue weighted by atomic mass is 32.2. The SMILES string of the molecule is Cc1nc2c(C(F)(F)F)cccc2nc1-c1ccc(-c2ccccc2)cc1S(C)(=O)=O. The number of hydrogen-bond acceptors (Lipinski definition) is 4. The van der Waals surface area contributed by atoms with Crippen molar-refractivity contribution in [1.29, 1.82) is 0 Å². The first-order valence-corrected chi connectivity index (χ1v) is 11.2. The predicted octanol–water partition coefficient (Wildman–Crippen LogP) is 5.69. The third-order valence-corrected chi connectivity index (χ3v) is 6.05. The monoisotopic (exact) mass is 442 g/mol. The Bertz CT molecular complexity index is 1400. The number of aromatic nitrogens is 2. The van der Waals surface area contributed by atoms with Crippen molar-refractivity contribution >= 4 is 20.9 Å². The Hall–Kier alpha value is -3.26. The maximum absolute atomic E-state index is 13.4. The molecule has 0 saturated carbocycles. The van der Waals surface area contributed by atoms with Crippen molar-refractivity contribution in [3.63, 3.8) is 0 Å². The predicted molar refractivity (Wildman–Crippen MR) is 113 cm³/mol. The fraction of sp³-hybridized carbons (Fsp3) is 0.130. The lowest BCUT2D eigenvalue weighted by Crippen LogP contribution is -2.08. The number of alkyl halides is 3. The number of rotatable bonds is 3. The van der Waals surface area contributed by atoms with Gasteiger partial charge in [0.25, 0.3) is 0 Å². The van der Waals surface area contributed by atoms with Crippen LogP contribution in [0.25, 0.3) is 33.4 Å². The van der Waals surface area contributed by atoms with Crippen molar-refractivity contribution in [2.24, 2.45) is 0 Å². The normalized spacial score (nSPS) is 12.3. The molecule has 158 valence electrons. The molecule has 31 heavy (non-hydrogen) atoms. The second kappa shape index (κ2) is 7.46. The van der Waals surface area contributed by atoms with Crippen LogP contribution in [-0.2, 0) is 16.0 Å². The highest BCUT2D eigenvalue weighted by molar-refractivity contribution is 7.90. The van der Waals surface area contributed by atoms with Gasteiger partial charge in [0.15, 0.2) is 9.84 Å². The summed E-state index contributed by atoms with van der Waals surface area (Å²) in [5, 5.41) is 0. The first-order valence-electron chi connectivity index (χ1n) is 9.30. The van der Waals surface area contributed by atoms with E-state index in [9.17, 15) is 21.6 Å². The third kappa shape index (κ3) is 4.03. The van der Waals surface area contributed by atoms with Gasteiger partial charge in [-0.2, -0.15) is 13.2 Å². The number of fused-ring (bicyclic) bond motifs is 1. The first kappa shape index (κ1) is 21.0. The van der Waals surface area contributed by atoms with Gasteiger partial charge in [0.1, 0.15) is 5.52 Å². The average molecular weight is 442 g/mol. The Kier molecular flexibility index (Phi) is 5.05. The van der Waals surface area contributed by atoms with Gasteiger partial charge in [-0.15, -0.1) is 0 Å². The molecule has 0 atom stereocenters. The number of para-hydroxylation sites is 1. The zero-order chi connectivity index (χ0) is 22.4. The van der Waals surface area contributed by atoms with Crippen molar-refractivity contribution in [1.82, 2.24) is 9.97 Å². The van der Waals surface area contributed by atoms with E-state index in [1.807, 2.05) is 30.3 Å². The van der Waals surface area contributed by atoms with Crippen LogP contribution in [0.4, 0.5) is 13.2 Å². The van der Waals surface area contributed by atoms with E-state index < -0.39 is 21.6 Å². The number of sulfone groups is 1. The van der Waals surface area contributed by atoms with Crippen LogP contribution in [0, 0.1) is 6.92 Å². The smallest absolute Gasteiger partial charge is 0.249 e. The summed E-state index contributed by atoms with van der Waals surface area (Å²) in [5.74, 6) is 0. The van der Waals surface area contributed by atoms with Crippen molar-refractivity contribution in [2.75, 3.05) is 6.26 Å². The average Bonchev–Trinajstić information content (AvgIpc) is 2.72. The summed E-state index contributed by atoms with van der Waals surface area (Å²) in [7, 11) is -3.66. The van der Waals surface area contributed by atoms with Crippen molar-refractivity contribution in [2.45, 2.75) is 18.0 Å². The molecular weight excluding hydrogens is 425 g/mol. The molecule has 8 heteroatoms. The highest BCUT2D eigenvalue weighted by Gasteiger charge is 2.33. The lowest BCUT2D eigenvalue weighted by molar-refractivity contribution is -0.136. The minimum atomic E-state index is -4.57. The summed E-state index contributed by atoms with van der Waals surface area (Å²) >= 11 is 0. The van der Waals surface area contributed by atoms with Gasteiger partial charge < -0.3 is 0 Å². The van der Waals surface area contributed by atoms with Crippen LogP contribution in [0.5, 0.6) is 0 Å². The minimum Gasteiger partial charge on any atom is -0.249 e. The van der Waals surface area contributed by atoms with Crippen LogP contribution in [0.15, 0.2) is 71.6 Å². The van der Waals surface area contributed by atoms with E-state index >= 15 is 0 Å². The van der Waals surface area contributed by atoms with E-state index in [-0.39, 0.29) is 27.3 Å². The number of nitrogens with zero attached hydrogens (tertiary/aromatic N) is 2. The van der Waals surface area contributed by atoms with Gasteiger partial charge in [0.2, 0.25) is 0 Å². The molecule has 1 heterocycles. The van der Waals surface area contributed by atoms with E-state index in [1.54, 1.807) is 18.2 Å². The molecule has 0 fully saturated rings. The topological polar surface area (TPSA) is 59.9 Å². The molecule has 4 aromatic rings. The van der Waals surface area contributed by atoms with Gasteiger partial charge in [-0.1, -0.05) is 48.5 Å². The summed E-state index contributed by atoms with van der Waals surface area (Å²) in [6.45, 7) is 1.52. The fourth-order valence-electron chi connectivity index (χ4n) is 3.48. The lowest BCUT2D eigenvalue weighted by Gasteiger charge is -2.14. The van der Waals surface area contributed by atoms with Gasteiger partial charge in [0, 0.05) is 11.8 Å². The van der Waals surface area contributed by atoms with Crippen LogP contribution in [0.2, 0.25) is 0 Å². The molecular formula is C23H17F3N2O2S. The van der Waals surface area contributed by atoms with E-state index in [1.165, 1.54) is 19.1 Å². The Morgan fingerprint density at radius 2 is 1.55 bits per heavy atom. The van der Waals surface area contributed by atoms with Crippen LogP contribution in [0.3, 0.4) is 0 Å². The summed E-state index contributed by atoms with van der Waals surface area (Å²) in [4.78, 5) is 8.55. The summed E-state index contributed by atoms with van der Waals surface area (Å²) < 4.78 is 65.2. The fourth-order valence-corrected chi connectivity index (χ4v) is 4.39. The molecule has 4 nitrogen and oxygen atoms in total. The van der Waals surface area contributed by atoms with E-state index in [0.717, 1.165) is 17.9 Å². The zero-order valence-corrected chi connectivity index (χ0v) is 17.4. The van der Waals surface area contributed by atoms with Crippen molar-refractivity contribution < 1.29 is 21.6 Å². The van der Waals surface area contributed by atoms with Crippen LogP contribution in [-0.4, -0.2) is 24.6 Å². The Labute approximate surface area is 177 Å². The van der Waals surface area contributed by atoms with Crippen molar-refractivity contribution in [3.8, 4) is 22.4 Å². The molecule has 0 unspecified atom stereocenters. The van der Waals surface area contributed by atoms with Gasteiger partial charge in [-0.25, -0.2) is 18.4 Å². The molecule has 0 amide bonds. The van der Waals surface area contributed by atoms with Crippen LogP contribution < -0.4 is 0 Å². The number of hydrogen-bond donors (Lipinski definition) is 0. The first-order chi connectivity index (χ1) is 14.6. The molecule has 0 spiro atoms. The number of halogens is 3. The molecule has 1 aromatic heterocycles. The van der Waals surface area contributed by atoms with Crippen LogP contribution >= 0.6 is 0 Å². The van der Waals surface area contributed by atoms with Crippen molar-refractivity contribution in [3.05, 3.63) is 78.0 Å². The molecule has 0 radical (unpaired) electrons. The quantitative estimate of drug-likeness (QED) is 0.409. The number of aryl methyl sites for hydroxylation is 1. The second-order valence-corrected chi connectivity index (χ2v) is 9.16. The second-order valence-electron chi connectivity index (χ2n) is 7.18. The largest absolute Gasteiger partial charge is 0.418 e. The Balaban J connectivity index is 1.96. The molecule has 0 N–H and O–H groups in total. The van der Waals surface area contributed by atoms with Crippen LogP contribution in [0.1, 0.15) is 11.3 Å². The lowest BCUT2D eigenvalue weighted by atomic mass is 10.0. The summed E-state index contributed by atoms with van der Waals surface area (Å²) in [6, 6.07) is 17.9. The summed E-state index contributed by atoms with van der Waals surface area (Å²) in [6.07, 6.45) is -3.48. The highest BCUT2D eigenvalue weighted by Crippen LogP contribution is 2.36. The maximum Gasteiger partial charge on any atom is 0.418 e. The van der Waals surface area contributed by atoms with Gasteiger partial charge >= 0.3 is 6.18 Å². The van der Waals surface area contributed by atoms with E-state index in [0.29, 0.717) is 11.1 Å². The molecule has 0 aliphatic heterocycles. The Morgan fingerprint density at radius 3 is 2.19 bits per heavy atom.